The van der Waals surface area contributed by atoms with Crippen LogP contribution in [0.4, 0.5) is 0 Å². The molecule has 0 unspecified atom stereocenters. The Kier molecular flexibility index (Phi) is 5.35. The van der Waals surface area contributed by atoms with Gasteiger partial charge in [0.05, 0.1) is 12.2 Å². The highest BCUT2D eigenvalue weighted by atomic mass is 16.5. The molecule has 0 saturated heterocycles. The average Bonchev–Trinajstić information content (AvgIpc) is 2.77. The van der Waals surface area contributed by atoms with E-state index in [4.69, 9.17) is 13.9 Å². The minimum Gasteiger partial charge on any atom is -0.494 e. The number of fused-ring (bicyclic) bond motifs is 1. The van der Waals surface area contributed by atoms with Gasteiger partial charge in [0.2, 0.25) is 0 Å². The summed E-state index contributed by atoms with van der Waals surface area (Å²) in [7, 11) is 0. The molecule has 1 aromatic heterocycles. The van der Waals surface area contributed by atoms with Crippen molar-refractivity contribution in [3.8, 4) is 22.6 Å². The normalized spacial score (nSPS) is 10.7. The second kappa shape index (κ2) is 8.25. The van der Waals surface area contributed by atoms with E-state index in [0.29, 0.717) is 34.8 Å². The maximum atomic E-state index is 12.6. The first-order valence-corrected chi connectivity index (χ1v) is 9.64. The van der Waals surface area contributed by atoms with Gasteiger partial charge in [0.25, 0.3) is 0 Å². The molecule has 150 valence electrons. The van der Waals surface area contributed by atoms with Crippen LogP contribution in [0.2, 0.25) is 0 Å². The molecule has 5 nitrogen and oxygen atoms in total. The van der Waals surface area contributed by atoms with E-state index in [1.54, 1.807) is 43.3 Å². The van der Waals surface area contributed by atoms with E-state index >= 15 is 0 Å². The summed E-state index contributed by atoms with van der Waals surface area (Å²) < 4.78 is 16.4. The van der Waals surface area contributed by atoms with Crippen molar-refractivity contribution in [1.82, 2.24) is 0 Å². The van der Waals surface area contributed by atoms with E-state index in [0.717, 1.165) is 16.5 Å². The van der Waals surface area contributed by atoms with Crippen molar-refractivity contribution in [2.75, 3.05) is 6.61 Å². The van der Waals surface area contributed by atoms with Gasteiger partial charge in [-0.1, -0.05) is 30.3 Å². The molecule has 0 aliphatic heterocycles. The molecule has 0 N–H and O–H groups in total. The summed E-state index contributed by atoms with van der Waals surface area (Å²) in [5, 5.41) is 0.777. The minimum atomic E-state index is -0.498. The second-order valence-corrected chi connectivity index (χ2v) is 6.76. The van der Waals surface area contributed by atoms with Crippen LogP contribution >= 0.6 is 0 Å². The molecule has 4 aromatic rings. The van der Waals surface area contributed by atoms with Crippen LogP contribution in [0.3, 0.4) is 0 Å². The van der Waals surface area contributed by atoms with Crippen LogP contribution in [0, 0.1) is 6.92 Å². The molecular formula is C25H20O5. The van der Waals surface area contributed by atoms with Gasteiger partial charge in [0.15, 0.2) is 0 Å². The highest BCUT2D eigenvalue weighted by Crippen LogP contribution is 2.33. The average molecular weight is 400 g/mol. The summed E-state index contributed by atoms with van der Waals surface area (Å²) in [6.07, 6.45) is 0. The number of carbonyl (C=O) groups is 1. The highest BCUT2D eigenvalue weighted by Gasteiger charge is 2.16. The van der Waals surface area contributed by atoms with Gasteiger partial charge in [-0.15, -0.1) is 0 Å². The van der Waals surface area contributed by atoms with Crippen LogP contribution in [0.15, 0.2) is 82.0 Å². The topological polar surface area (TPSA) is 65.7 Å². The fourth-order valence-corrected chi connectivity index (χ4v) is 3.32. The van der Waals surface area contributed by atoms with Crippen LogP contribution in [0.5, 0.6) is 11.5 Å². The first kappa shape index (κ1) is 19.5. The molecule has 0 fully saturated rings. The number of carbonyl (C=O) groups excluding carboxylic acids is 1. The third kappa shape index (κ3) is 3.82. The lowest BCUT2D eigenvalue weighted by Crippen LogP contribution is -2.10. The van der Waals surface area contributed by atoms with E-state index in [-0.39, 0.29) is 0 Å². The molecule has 0 spiro atoms. The monoisotopic (exact) mass is 400 g/mol. The van der Waals surface area contributed by atoms with Crippen LogP contribution in [-0.2, 0) is 0 Å². The van der Waals surface area contributed by atoms with Gasteiger partial charge in [0.1, 0.15) is 17.1 Å². The maximum Gasteiger partial charge on any atom is 0.343 e. The molecule has 0 atom stereocenters. The van der Waals surface area contributed by atoms with Gasteiger partial charge in [-0.05, 0) is 61.4 Å². The Morgan fingerprint density at radius 2 is 1.70 bits per heavy atom. The van der Waals surface area contributed by atoms with E-state index in [2.05, 4.69) is 0 Å². The number of benzene rings is 3. The molecule has 0 aliphatic carbocycles. The molecule has 0 amide bonds. The summed E-state index contributed by atoms with van der Waals surface area (Å²) in [5.41, 5.74) is 2.61. The molecule has 0 aliphatic rings. The molecular weight excluding hydrogens is 380 g/mol. The fraction of sp³-hybridized carbons (Fsp3) is 0.120. The fourth-order valence-electron chi connectivity index (χ4n) is 3.32. The number of ether oxygens (including phenoxy) is 2. The zero-order valence-electron chi connectivity index (χ0n) is 16.7. The molecule has 3 aromatic carbocycles. The molecule has 0 saturated carbocycles. The third-order valence-corrected chi connectivity index (χ3v) is 4.80. The van der Waals surface area contributed by atoms with Crippen molar-refractivity contribution in [3.63, 3.8) is 0 Å². The Labute approximate surface area is 173 Å². The molecule has 1 heterocycles. The quantitative estimate of drug-likeness (QED) is 0.255. The van der Waals surface area contributed by atoms with Crippen molar-refractivity contribution in [2.45, 2.75) is 13.8 Å². The van der Waals surface area contributed by atoms with Crippen molar-refractivity contribution in [2.24, 2.45) is 0 Å². The Morgan fingerprint density at radius 3 is 2.40 bits per heavy atom. The predicted octanol–water partition coefficient (Wildman–Crippen LogP) is 5.39. The number of esters is 1. The van der Waals surface area contributed by atoms with Crippen molar-refractivity contribution in [1.29, 1.82) is 0 Å². The van der Waals surface area contributed by atoms with Crippen molar-refractivity contribution < 1.29 is 18.7 Å². The van der Waals surface area contributed by atoms with Gasteiger partial charge in [0, 0.05) is 17.0 Å². The van der Waals surface area contributed by atoms with Gasteiger partial charge in [-0.25, -0.2) is 9.59 Å². The lowest BCUT2D eigenvalue weighted by atomic mass is 10.0. The summed E-state index contributed by atoms with van der Waals surface area (Å²) >= 11 is 0. The van der Waals surface area contributed by atoms with E-state index in [1.807, 2.05) is 37.3 Å². The number of hydrogen-bond donors (Lipinski definition) is 0. The largest absolute Gasteiger partial charge is 0.494 e. The zero-order valence-corrected chi connectivity index (χ0v) is 16.7. The molecule has 30 heavy (non-hydrogen) atoms. The summed E-state index contributed by atoms with van der Waals surface area (Å²) in [4.78, 5) is 24.8. The number of rotatable bonds is 5. The Morgan fingerprint density at radius 1 is 0.967 bits per heavy atom. The highest BCUT2D eigenvalue weighted by molar-refractivity contribution is 5.97. The standard InChI is InChI=1S/C25H20O5/c1-3-28-19-11-9-18(10-12-19)25(27)29-22-14-13-20-21(17-7-5-4-6-8-17)15-23(26)30-24(20)16(22)2/h4-15H,3H2,1-2H3. The van der Waals surface area contributed by atoms with Crippen molar-refractivity contribution >= 4 is 16.9 Å². The van der Waals surface area contributed by atoms with E-state index in [9.17, 15) is 9.59 Å². The third-order valence-electron chi connectivity index (χ3n) is 4.80. The first-order valence-electron chi connectivity index (χ1n) is 9.64. The minimum absolute atomic E-state index is 0.342. The van der Waals surface area contributed by atoms with Crippen LogP contribution in [0.1, 0.15) is 22.8 Å². The molecule has 5 heteroatoms. The lowest BCUT2D eigenvalue weighted by molar-refractivity contribution is 0.0733. The number of hydrogen-bond acceptors (Lipinski definition) is 5. The smallest absolute Gasteiger partial charge is 0.343 e. The van der Waals surface area contributed by atoms with Crippen LogP contribution in [0.25, 0.3) is 22.1 Å². The first-order chi connectivity index (χ1) is 14.6. The summed E-state index contributed by atoms with van der Waals surface area (Å²) in [5.74, 6) is 0.531. The predicted molar refractivity (Wildman–Crippen MR) is 115 cm³/mol. The van der Waals surface area contributed by atoms with Gasteiger partial charge in [-0.2, -0.15) is 0 Å². The molecule has 0 bridgehead atoms. The van der Waals surface area contributed by atoms with Gasteiger partial charge >= 0.3 is 11.6 Å². The van der Waals surface area contributed by atoms with Crippen LogP contribution in [-0.4, -0.2) is 12.6 Å². The van der Waals surface area contributed by atoms with Gasteiger partial charge < -0.3 is 13.9 Å². The Bertz CT molecular complexity index is 1250. The Hall–Kier alpha value is -3.86. The van der Waals surface area contributed by atoms with Crippen molar-refractivity contribution in [3.05, 3.63) is 94.3 Å². The summed E-state index contributed by atoms with van der Waals surface area (Å²) in [6, 6.07) is 21.3. The number of aryl methyl sites for hydroxylation is 1. The van der Waals surface area contributed by atoms with Gasteiger partial charge in [-0.3, -0.25) is 0 Å². The lowest BCUT2D eigenvalue weighted by Gasteiger charge is -2.12. The SMILES string of the molecule is CCOc1ccc(C(=O)Oc2ccc3c(-c4ccccc4)cc(=O)oc3c2C)cc1. The van der Waals surface area contributed by atoms with Crippen LogP contribution < -0.4 is 15.1 Å². The maximum absolute atomic E-state index is 12.6. The Balaban J connectivity index is 1.70. The van der Waals surface area contributed by atoms with E-state index < -0.39 is 11.6 Å². The second-order valence-electron chi connectivity index (χ2n) is 6.76. The molecule has 4 rings (SSSR count). The van der Waals surface area contributed by atoms with E-state index in [1.165, 1.54) is 6.07 Å². The molecule has 0 radical (unpaired) electrons. The summed E-state index contributed by atoms with van der Waals surface area (Å²) in [6.45, 7) is 4.21. The zero-order chi connectivity index (χ0) is 21.1.